The Hall–Kier alpha value is -2.77. The first kappa shape index (κ1) is 20.5. The zero-order valence-corrected chi connectivity index (χ0v) is 18.6. The predicted molar refractivity (Wildman–Crippen MR) is 124 cm³/mol. The van der Waals surface area contributed by atoms with E-state index < -0.39 is 0 Å². The molecule has 2 amide bonds. The van der Waals surface area contributed by atoms with Crippen LogP contribution in [0, 0.1) is 0 Å². The summed E-state index contributed by atoms with van der Waals surface area (Å²) in [5.74, 6) is 1.02. The molecular formula is C23H19BrN2O3S. The topological polar surface area (TPSA) is 58.6 Å². The number of hydrogen-bond donors (Lipinski definition) is 1. The van der Waals surface area contributed by atoms with Gasteiger partial charge in [-0.15, -0.1) is 11.8 Å². The fourth-order valence-corrected chi connectivity index (χ4v) is 4.86. The van der Waals surface area contributed by atoms with Crippen LogP contribution in [0.25, 0.3) is 0 Å². The maximum Gasteiger partial charge on any atom is 0.255 e. The summed E-state index contributed by atoms with van der Waals surface area (Å²) in [6, 6.07) is 22.3. The molecule has 1 aliphatic heterocycles. The van der Waals surface area contributed by atoms with Gasteiger partial charge in [-0.3, -0.25) is 14.5 Å². The van der Waals surface area contributed by atoms with Gasteiger partial charge in [0.05, 0.1) is 12.9 Å². The molecule has 1 aliphatic rings. The van der Waals surface area contributed by atoms with Crippen molar-refractivity contribution in [1.29, 1.82) is 0 Å². The zero-order valence-electron chi connectivity index (χ0n) is 16.2. The third kappa shape index (κ3) is 4.37. The van der Waals surface area contributed by atoms with Crippen molar-refractivity contribution in [1.82, 2.24) is 0 Å². The highest BCUT2D eigenvalue weighted by Crippen LogP contribution is 2.42. The summed E-state index contributed by atoms with van der Waals surface area (Å²) < 4.78 is 6.06. The average Bonchev–Trinajstić information content (AvgIpc) is 3.15. The van der Waals surface area contributed by atoms with Crippen molar-refractivity contribution in [3.05, 3.63) is 88.4 Å². The van der Waals surface area contributed by atoms with E-state index >= 15 is 0 Å². The lowest BCUT2D eigenvalue weighted by Crippen LogP contribution is -2.27. The number of rotatable bonds is 5. The number of nitrogens with one attached hydrogen (secondary N) is 1. The van der Waals surface area contributed by atoms with Gasteiger partial charge in [-0.2, -0.15) is 0 Å². The molecule has 0 radical (unpaired) electrons. The molecule has 0 bridgehead atoms. The van der Waals surface area contributed by atoms with Crippen LogP contribution in [0.1, 0.15) is 21.3 Å². The van der Waals surface area contributed by atoms with Crippen molar-refractivity contribution in [3.63, 3.8) is 0 Å². The Morgan fingerprint density at radius 2 is 1.87 bits per heavy atom. The minimum atomic E-state index is -0.185. The summed E-state index contributed by atoms with van der Waals surface area (Å²) in [7, 11) is 1.61. The molecule has 5 nitrogen and oxygen atoms in total. The van der Waals surface area contributed by atoms with Crippen LogP contribution in [0.5, 0.6) is 5.75 Å². The number of nitrogens with zero attached hydrogens (tertiary/aromatic N) is 1. The van der Waals surface area contributed by atoms with Gasteiger partial charge >= 0.3 is 0 Å². The standard InChI is InChI=1S/C23H19BrN2O3S/c1-29-20-10-8-19(9-11-20)26-21(27)14-30-23(26)16-5-3-7-18(13-16)25-22(28)15-4-2-6-17(24)12-15/h2-13,23H,14H2,1H3,(H,25,28)/t23-/m0/s1. The van der Waals surface area contributed by atoms with Crippen molar-refractivity contribution in [2.75, 3.05) is 23.1 Å². The summed E-state index contributed by atoms with van der Waals surface area (Å²) in [4.78, 5) is 27.0. The van der Waals surface area contributed by atoms with Gasteiger partial charge in [0.25, 0.3) is 5.91 Å². The van der Waals surface area contributed by atoms with Crippen LogP contribution in [0.3, 0.4) is 0 Å². The maximum atomic E-state index is 12.6. The molecule has 0 spiro atoms. The number of carbonyl (C=O) groups excluding carboxylic acids is 2. The van der Waals surface area contributed by atoms with Crippen molar-refractivity contribution in [2.45, 2.75) is 5.37 Å². The van der Waals surface area contributed by atoms with Crippen molar-refractivity contribution in [2.24, 2.45) is 0 Å². The second-order valence-electron chi connectivity index (χ2n) is 6.72. The largest absolute Gasteiger partial charge is 0.497 e. The Labute approximate surface area is 187 Å². The van der Waals surface area contributed by atoms with Crippen LogP contribution >= 0.6 is 27.7 Å². The second kappa shape index (κ2) is 8.93. The highest BCUT2D eigenvalue weighted by molar-refractivity contribution is 9.10. The number of hydrogen-bond acceptors (Lipinski definition) is 4. The van der Waals surface area contributed by atoms with Gasteiger partial charge in [0.2, 0.25) is 5.91 Å². The molecule has 1 atom stereocenters. The maximum absolute atomic E-state index is 12.6. The number of ether oxygens (including phenoxy) is 1. The van der Waals surface area contributed by atoms with Crippen LogP contribution in [0.15, 0.2) is 77.3 Å². The first-order valence-corrected chi connectivity index (χ1v) is 11.1. The van der Waals surface area contributed by atoms with Gasteiger partial charge < -0.3 is 10.1 Å². The summed E-state index contributed by atoms with van der Waals surface area (Å²) >= 11 is 4.96. The first-order chi connectivity index (χ1) is 14.5. The third-order valence-corrected chi connectivity index (χ3v) is 6.44. The van der Waals surface area contributed by atoms with E-state index in [1.807, 2.05) is 60.7 Å². The van der Waals surface area contributed by atoms with Gasteiger partial charge in [0, 0.05) is 21.4 Å². The first-order valence-electron chi connectivity index (χ1n) is 9.30. The van der Waals surface area contributed by atoms with E-state index in [-0.39, 0.29) is 17.2 Å². The van der Waals surface area contributed by atoms with Crippen molar-refractivity contribution in [3.8, 4) is 5.75 Å². The van der Waals surface area contributed by atoms with Gasteiger partial charge in [0.1, 0.15) is 11.1 Å². The summed E-state index contributed by atoms with van der Waals surface area (Å²) in [5, 5.41) is 2.78. The number of anilines is 2. The lowest BCUT2D eigenvalue weighted by molar-refractivity contribution is -0.115. The van der Waals surface area contributed by atoms with Crippen LogP contribution in [-0.2, 0) is 4.79 Å². The SMILES string of the molecule is COc1ccc(N2C(=O)CS[C@H]2c2cccc(NC(=O)c3cccc(Br)c3)c2)cc1. The fourth-order valence-electron chi connectivity index (χ4n) is 3.30. The van der Waals surface area contributed by atoms with E-state index in [1.165, 1.54) is 0 Å². The van der Waals surface area contributed by atoms with E-state index in [4.69, 9.17) is 4.74 Å². The van der Waals surface area contributed by atoms with Crippen molar-refractivity contribution < 1.29 is 14.3 Å². The van der Waals surface area contributed by atoms with E-state index in [0.717, 1.165) is 21.5 Å². The van der Waals surface area contributed by atoms with Gasteiger partial charge in [-0.05, 0) is 60.2 Å². The molecule has 4 rings (SSSR count). The molecule has 152 valence electrons. The Morgan fingerprint density at radius 1 is 1.10 bits per heavy atom. The Kier molecular flexibility index (Phi) is 6.11. The number of thioether (sulfide) groups is 1. The molecule has 1 heterocycles. The fraction of sp³-hybridized carbons (Fsp3) is 0.130. The summed E-state index contributed by atoms with van der Waals surface area (Å²) in [6.45, 7) is 0. The zero-order chi connectivity index (χ0) is 21.1. The molecule has 0 aromatic heterocycles. The van der Waals surface area contributed by atoms with Crippen LogP contribution < -0.4 is 15.0 Å². The quantitative estimate of drug-likeness (QED) is 0.522. The van der Waals surface area contributed by atoms with E-state index in [0.29, 0.717) is 17.0 Å². The van der Waals surface area contributed by atoms with Gasteiger partial charge in [-0.1, -0.05) is 34.1 Å². The molecule has 0 unspecified atom stereocenters. The normalized spacial score (nSPS) is 15.9. The lowest BCUT2D eigenvalue weighted by Gasteiger charge is -2.25. The smallest absolute Gasteiger partial charge is 0.255 e. The molecule has 1 fully saturated rings. The van der Waals surface area contributed by atoms with Gasteiger partial charge in [0.15, 0.2) is 0 Å². The molecule has 1 saturated heterocycles. The Bertz CT molecular complexity index is 1090. The van der Waals surface area contributed by atoms with Crippen molar-refractivity contribution >= 4 is 50.9 Å². The van der Waals surface area contributed by atoms with Crippen LogP contribution in [0.2, 0.25) is 0 Å². The molecule has 0 aliphatic carbocycles. The highest BCUT2D eigenvalue weighted by atomic mass is 79.9. The molecule has 1 N–H and O–H groups in total. The number of halogens is 1. The number of benzene rings is 3. The monoisotopic (exact) mass is 482 g/mol. The minimum Gasteiger partial charge on any atom is -0.497 e. The second-order valence-corrected chi connectivity index (χ2v) is 8.70. The molecular weight excluding hydrogens is 464 g/mol. The molecule has 0 saturated carbocycles. The summed E-state index contributed by atoms with van der Waals surface area (Å²) in [5.41, 5.74) is 3.03. The van der Waals surface area contributed by atoms with Crippen LogP contribution in [-0.4, -0.2) is 24.7 Å². The highest BCUT2D eigenvalue weighted by Gasteiger charge is 2.34. The minimum absolute atomic E-state index is 0.0544. The number of amides is 2. The van der Waals surface area contributed by atoms with E-state index in [2.05, 4.69) is 21.2 Å². The van der Waals surface area contributed by atoms with E-state index in [1.54, 1.807) is 35.9 Å². The molecule has 30 heavy (non-hydrogen) atoms. The number of carbonyl (C=O) groups is 2. The van der Waals surface area contributed by atoms with Crippen LogP contribution in [0.4, 0.5) is 11.4 Å². The summed E-state index contributed by atoms with van der Waals surface area (Å²) in [6.07, 6.45) is 0. The third-order valence-electron chi connectivity index (χ3n) is 4.73. The number of methoxy groups -OCH3 is 1. The van der Waals surface area contributed by atoms with E-state index in [9.17, 15) is 9.59 Å². The molecule has 3 aromatic carbocycles. The Morgan fingerprint density at radius 3 is 2.60 bits per heavy atom. The average molecular weight is 483 g/mol. The molecule has 3 aromatic rings. The predicted octanol–water partition coefficient (Wildman–Crippen LogP) is 5.49. The van der Waals surface area contributed by atoms with Gasteiger partial charge in [-0.25, -0.2) is 0 Å². The Balaban J connectivity index is 1.57. The molecule has 7 heteroatoms. The lowest BCUT2D eigenvalue weighted by atomic mass is 10.1.